The normalized spacial score (nSPS) is 18.5. The van der Waals surface area contributed by atoms with Crippen molar-refractivity contribution in [1.82, 2.24) is 5.43 Å². The summed E-state index contributed by atoms with van der Waals surface area (Å²) in [5.74, 6) is 8.81. The van der Waals surface area contributed by atoms with Crippen LogP contribution in [0, 0.1) is 18.7 Å². The third kappa shape index (κ3) is 4.48. The second-order valence-electron chi connectivity index (χ2n) is 5.43. The first-order chi connectivity index (χ1) is 9.19. The van der Waals surface area contributed by atoms with E-state index in [1.54, 1.807) is 6.07 Å². The van der Waals surface area contributed by atoms with Gasteiger partial charge in [-0.05, 0) is 73.3 Å². The molecule has 2 rings (SSSR count). The zero-order valence-electron chi connectivity index (χ0n) is 11.5. The Balaban J connectivity index is 1.95. The topological polar surface area (TPSA) is 38.0 Å². The minimum atomic E-state index is -0.162. The third-order valence-electron chi connectivity index (χ3n) is 3.97. The van der Waals surface area contributed by atoms with E-state index in [2.05, 4.69) is 5.43 Å². The molecule has 0 aromatic heterocycles. The van der Waals surface area contributed by atoms with Crippen molar-refractivity contribution in [3.05, 3.63) is 35.1 Å². The highest BCUT2D eigenvalue weighted by molar-refractivity contribution is 7.99. The van der Waals surface area contributed by atoms with Crippen LogP contribution < -0.4 is 11.3 Å². The van der Waals surface area contributed by atoms with Crippen molar-refractivity contribution in [1.29, 1.82) is 0 Å². The Morgan fingerprint density at radius 3 is 2.84 bits per heavy atom. The lowest BCUT2D eigenvalue weighted by molar-refractivity contribution is 0.365. The van der Waals surface area contributed by atoms with Crippen molar-refractivity contribution in [2.75, 3.05) is 11.5 Å². The number of aryl methyl sites for hydroxylation is 1. The summed E-state index contributed by atoms with van der Waals surface area (Å²) in [4.78, 5) is 0. The molecule has 1 aromatic carbocycles. The van der Waals surface area contributed by atoms with Gasteiger partial charge in [-0.3, -0.25) is 11.3 Å². The van der Waals surface area contributed by atoms with Crippen molar-refractivity contribution in [2.45, 2.75) is 38.6 Å². The van der Waals surface area contributed by atoms with Gasteiger partial charge >= 0.3 is 0 Å². The Morgan fingerprint density at radius 2 is 2.16 bits per heavy atom. The van der Waals surface area contributed by atoms with Crippen molar-refractivity contribution < 1.29 is 4.39 Å². The molecule has 0 amide bonds. The molecule has 1 heterocycles. The lowest BCUT2D eigenvalue weighted by Crippen LogP contribution is -2.39. The predicted molar refractivity (Wildman–Crippen MR) is 80.6 cm³/mol. The highest BCUT2D eigenvalue weighted by Gasteiger charge is 2.19. The van der Waals surface area contributed by atoms with E-state index in [4.69, 9.17) is 5.84 Å². The van der Waals surface area contributed by atoms with E-state index in [-0.39, 0.29) is 11.9 Å². The Hall–Kier alpha value is -0.580. The second-order valence-corrected chi connectivity index (χ2v) is 6.65. The zero-order valence-corrected chi connectivity index (χ0v) is 12.3. The van der Waals surface area contributed by atoms with Crippen molar-refractivity contribution in [2.24, 2.45) is 11.8 Å². The number of thioether (sulfide) groups is 1. The average Bonchev–Trinajstić information content (AvgIpc) is 2.43. The number of halogens is 1. The van der Waals surface area contributed by atoms with Gasteiger partial charge in [-0.2, -0.15) is 11.8 Å². The number of benzene rings is 1. The Morgan fingerprint density at radius 1 is 1.42 bits per heavy atom. The molecule has 2 nitrogen and oxygen atoms in total. The molecule has 0 spiro atoms. The fourth-order valence-corrected chi connectivity index (χ4v) is 3.92. The van der Waals surface area contributed by atoms with E-state index in [0.717, 1.165) is 29.9 Å². The molecule has 1 aliphatic rings. The number of hydrazine groups is 1. The van der Waals surface area contributed by atoms with Crippen LogP contribution in [0.3, 0.4) is 0 Å². The molecule has 1 aromatic rings. The van der Waals surface area contributed by atoms with Gasteiger partial charge in [0.25, 0.3) is 0 Å². The van der Waals surface area contributed by atoms with Crippen LogP contribution in [0.25, 0.3) is 0 Å². The van der Waals surface area contributed by atoms with E-state index in [0.29, 0.717) is 0 Å². The van der Waals surface area contributed by atoms with E-state index in [1.165, 1.54) is 30.4 Å². The summed E-state index contributed by atoms with van der Waals surface area (Å²) in [6.07, 6.45) is 4.46. The van der Waals surface area contributed by atoms with Crippen LogP contribution in [0.5, 0.6) is 0 Å². The van der Waals surface area contributed by atoms with Gasteiger partial charge in [0.05, 0.1) is 0 Å². The Kier molecular flexibility index (Phi) is 5.67. The van der Waals surface area contributed by atoms with Gasteiger partial charge in [0.2, 0.25) is 0 Å². The molecule has 1 saturated heterocycles. The zero-order chi connectivity index (χ0) is 13.7. The molecule has 0 saturated carbocycles. The fraction of sp³-hybridized carbons (Fsp3) is 0.600. The minimum absolute atomic E-state index is 0.162. The summed E-state index contributed by atoms with van der Waals surface area (Å²) in [5, 5.41) is 0. The standard InChI is InChI=1S/C15H23FN2S/c1-11-2-3-14(16)9-13(11)10-15(18-17)8-12-4-6-19-7-5-12/h2-3,9,12,15,18H,4-8,10,17H2,1H3. The van der Waals surface area contributed by atoms with Gasteiger partial charge in [0.15, 0.2) is 0 Å². The number of hydrogen-bond donors (Lipinski definition) is 2. The van der Waals surface area contributed by atoms with E-state index >= 15 is 0 Å². The van der Waals surface area contributed by atoms with Crippen molar-refractivity contribution in [3.63, 3.8) is 0 Å². The molecule has 4 heteroatoms. The minimum Gasteiger partial charge on any atom is -0.271 e. The van der Waals surface area contributed by atoms with Crippen LogP contribution in [0.4, 0.5) is 4.39 Å². The highest BCUT2D eigenvalue weighted by atomic mass is 32.2. The van der Waals surface area contributed by atoms with Crippen LogP contribution in [0.2, 0.25) is 0 Å². The van der Waals surface area contributed by atoms with Gasteiger partial charge in [0.1, 0.15) is 5.82 Å². The van der Waals surface area contributed by atoms with Gasteiger partial charge in [-0.1, -0.05) is 6.07 Å². The first-order valence-electron chi connectivity index (χ1n) is 6.98. The summed E-state index contributed by atoms with van der Waals surface area (Å²) in [6, 6.07) is 5.24. The molecular formula is C15H23FN2S. The van der Waals surface area contributed by atoms with E-state index in [9.17, 15) is 4.39 Å². The maximum atomic E-state index is 13.3. The summed E-state index contributed by atoms with van der Waals surface area (Å²) < 4.78 is 13.3. The molecule has 19 heavy (non-hydrogen) atoms. The molecule has 106 valence electrons. The maximum Gasteiger partial charge on any atom is 0.123 e. The fourth-order valence-electron chi connectivity index (χ4n) is 2.72. The van der Waals surface area contributed by atoms with Crippen LogP contribution in [0.1, 0.15) is 30.4 Å². The second kappa shape index (κ2) is 7.27. The van der Waals surface area contributed by atoms with Gasteiger partial charge in [-0.15, -0.1) is 0 Å². The maximum absolute atomic E-state index is 13.3. The molecule has 1 atom stereocenters. The van der Waals surface area contributed by atoms with Crippen molar-refractivity contribution in [3.8, 4) is 0 Å². The molecule has 0 radical (unpaired) electrons. The molecule has 0 bridgehead atoms. The van der Waals surface area contributed by atoms with E-state index in [1.807, 2.05) is 24.8 Å². The summed E-state index contributed by atoms with van der Waals surface area (Å²) >= 11 is 2.04. The molecule has 0 aliphatic carbocycles. The number of nitrogens with one attached hydrogen (secondary N) is 1. The molecular weight excluding hydrogens is 259 g/mol. The first-order valence-corrected chi connectivity index (χ1v) is 8.13. The van der Waals surface area contributed by atoms with Crippen LogP contribution in [-0.4, -0.2) is 17.5 Å². The van der Waals surface area contributed by atoms with Crippen LogP contribution >= 0.6 is 11.8 Å². The monoisotopic (exact) mass is 282 g/mol. The molecule has 1 aliphatic heterocycles. The highest BCUT2D eigenvalue weighted by Crippen LogP contribution is 2.27. The van der Waals surface area contributed by atoms with Gasteiger partial charge in [-0.25, -0.2) is 4.39 Å². The largest absolute Gasteiger partial charge is 0.271 e. The summed E-state index contributed by atoms with van der Waals surface area (Å²) in [7, 11) is 0. The SMILES string of the molecule is Cc1ccc(F)cc1CC(CC1CCSCC1)NN. The number of nitrogens with two attached hydrogens (primary N) is 1. The van der Waals surface area contributed by atoms with Crippen LogP contribution in [-0.2, 0) is 6.42 Å². The number of rotatable bonds is 5. The third-order valence-corrected chi connectivity index (χ3v) is 5.02. The number of hydrogen-bond acceptors (Lipinski definition) is 3. The molecule has 3 N–H and O–H groups in total. The van der Waals surface area contributed by atoms with Gasteiger partial charge < -0.3 is 0 Å². The molecule has 1 fully saturated rings. The van der Waals surface area contributed by atoms with Crippen molar-refractivity contribution >= 4 is 11.8 Å². The van der Waals surface area contributed by atoms with Gasteiger partial charge in [0, 0.05) is 6.04 Å². The quantitative estimate of drug-likeness (QED) is 0.644. The predicted octanol–water partition coefficient (Wildman–Crippen LogP) is 3.04. The Labute approximate surface area is 119 Å². The molecule has 1 unspecified atom stereocenters. The lowest BCUT2D eigenvalue weighted by Gasteiger charge is -2.26. The summed E-state index contributed by atoms with van der Waals surface area (Å²) in [6.45, 7) is 2.03. The average molecular weight is 282 g/mol. The van der Waals surface area contributed by atoms with E-state index < -0.39 is 0 Å². The smallest absolute Gasteiger partial charge is 0.123 e. The summed E-state index contributed by atoms with van der Waals surface area (Å²) in [5.41, 5.74) is 5.12. The first kappa shape index (κ1) is 14.8. The lowest BCUT2D eigenvalue weighted by atomic mass is 9.90. The van der Waals surface area contributed by atoms with Crippen LogP contribution in [0.15, 0.2) is 18.2 Å². The Bertz CT molecular complexity index is 405.